The smallest absolute Gasteiger partial charge is 0.231 e. The lowest BCUT2D eigenvalue weighted by atomic mass is 9.88. The molecular formula is C19H20NO5+. The Hall–Kier alpha value is -2.44. The van der Waals surface area contributed by atoms with Crippen molar-refractivity contribution in [3.8, 4) is 23.0 Å². The van der Waals surface area contributed by atoms with Crippen molar-refractivity contribution in [2.75, 3.05) is 27.5 Å². The van der Waals surface area contributed by atoms with Crippen molar-refractivity contribution in [1.29, 1.82) is 0 Å². The number of benzene rings is 2. The summed E-state index contributed by atoms with van der Waals surface area (Å²) >= 11 is 0. The number of methoxy groups -OCH3 is 1. The number of ether oxygens (including phenoxy) is 3. The van der Waals surface area contributed by atoms with Crippen molar-refractivity contribution < 1.29 is 24.4 Å². The number of phenolic OH excluding ortho intramolecular Hbond substituents is 1. The lowest BCUT2D eigenvalue weighted by Gasteiger charge is -2.41. The summed E-state index contributed by atoms with van der Waals surface area (Å²) in [5, 5.41) is 21.2. The van der Waals surface area contributed by atoms with Gasteiger partial charge in [0, 0.05) is 18.1 Å². The third kappa shape index (κ3) is 1.81. The fourth-order valence-corrected chi connectivity index (χ4v) is 4.63. The summed E-state index contributed by atoms with van der Waals surface area (Å²) in [5.41, 5.74) is 4.04. The van der Waals surface area contributed by atoms with Gasteiger partial charge in [-0.2, -0.15) is 0 Å². The highest BCUT2D eigenvalue weighted by Gasteiger charge is 2.54. The maximum Gasteiger partial charge on any atom is 0.231 e. The number of quaternary nitrogens is 1. The predicted molar refractivity (Wildman–Crippen MR) is 91.2 cm³/mol. The molecular weight excluding hydrogens is 322 g/mol. The van der Waals surface area contributed by atoms with Crippen LogP contribution < -0.4 is 18.7 Å². The SMILES string of the molecule is COc1cc2c(cc1O)CC[N+]1(C)c3cc4c(cc3C(O)C21)OCO4. The van der Waals surface area contributed by atoms with Gasteiger partial charge in [-0.25, -0.2) is 0 Å². The zero-order valence-corrected chi connectivity index (χ0v) is 14.2. The normalized spacial score (nSPS) is 28.3. The molecule has 6 nitrogen and oxygen atoms in total. The first-order chi connectivity index (χ1) is 12.0. The van der Waals surface area contributed by atoms with E-state index in [4.69, 9.17) is 14.2 Å². The second-order valence-corrected chi connectivity index (χ2v) is 7.12. The largest absolute Gasteiger partial charge is 0.504 e. The van der Waals surface area contributed by atoms with E-state index in [2.05, 4.69) is 7.05 Å². The number of rotatable bonds is 1. The van der Waals surface area contributed by atoms with Crippen LogP contribution in [-0.4, -0.2) is 37.7 Å². The van der Waals surface area contributed by atoms with Crippen molar-refractivity contribution >= 4 is 5.69 Å². The van der Waals surface area contributed by atoms with E-state index in [1.807, 2.05) is 18.2 Å². The molecule has 130 valence electrons. The molecule has 3 atom stereocenters. The standard InChI is InChI=1S/C19H19NO5/c1-20-4-3-10-5-14(21)15(23-2)6-11(10)18(20)19(22)12-7-16-17(8-13(12)20)25-9-24-16/h5-8,18-19,22H,3-4,9H2,1-2H3/p+1. The first-order valence-corrected chi connectivity index (χ1v) is 8.40. The van der Waals surface area contributed by atoms with Crippen molar-refractivity contribution in [3.63, 3.8) is 0 Å². The lowest BCUT2D eigenvalue weighted by molar-refractivity contribution is 0.0849. The third-order valence-corrected chi connectivity index (χ3v) is 5.91. The fraction of sp³-hybridized carbons (Fsp3) is 0.368. The van der Waals surface area contributed by atoms with Gasteiger partial charge in [-0.05, 0) is 23.8 Å². The second-order valence-electron chi connectivity index (χ2n) is 7.12. The molecule has 5 rings (SSSR count). The van der Waals surface area contributed by atoms with Gasteiger partial charge in [0.25, 0.3) is 0 Å². The Morgan fingerprint density at radius 3 is 2.64 bits per heavy atom. The first-order valence-electron chi connectivity index (χ1n) is 8.40. The zero-order valence-electron chi connectivity index (χ0n) is 14.2. The van der Waals surface area contributed by atoms with E-state index >= 15 is 0 Å². The van der Waals surface area contributed by atoms with Crippen LogP contribution in [0.5, 0.6) is 23.0 Å². The fourth-order valence-electron chi connectivity index (χ4n) is 4.63. The summed E-state index contributed by atoms with van der Waals surface area (Å²) in [7, 11) is 3.68. The van der Waals surface area contributed by atoms with Gasteiger partial charge in [-0.3, -0.25) is 4.48 Å². The van der Waals surface area contributed by atoms with E-state index in [9.17, 15) is 10.2 Å². The van der Waals surface area contributed by atoms with Gasteiger partial charge in [0.15, 0.2) is 29.0 Å². The molecule has 0 radical (unpaired) electrons. The summed E-state index contributed by atoms with van der Waals surface area (Å²) in [6.45, 7) is 1.06. The molecule has 3 heterocycles. The van der Waals surface area contributed by atoms with E-state index in [-0.39, 0.29) is 18.6 Å². The minimum Gasteiger partial charge on any atom is -0.504 e. The summed E-state index contributed by atoms with van der Waals surface area (Å²) in [5.74, 6) is 2.00. The van der Waals surface area contributed by atoms with Gasteiger partial charge in [-0.15, -0.1) is 0 Å². The zero-order chi connectivity index (χ0) is 17.3. The highest BCUT2D eigenvalue weighted by molar-refractivity contribution is 5.67. The Kier molecular flexibility index (Phi) is 2.86. The summed E-state index contributed by atoms with van der Waals surface area (Å²) in [6, 6.07) is 7.39. The van der Waals surface area contributed by atoms with Gasteiger partial charge < -0.3 is 24.4 Å². The van der Waals surface area contributed by atoms with Crippen LogP contribution in [0.25, 0.3) is 0 Å². The number of likely N-dealkylation sites (N-methyl/N-ethyl adjacent to an activating group) is 1. The maximum atomic E-state index is 11.1. The van der Waals surface area contributed by atoms with E-state index < -0.39 is 6.10 Å². The quantitative estimate of drug-likeness (QED) is 0.779. The molecule has 3 aliphatic heterocycles. The molecule has 0 saturated heterocycles. The molecule has 2 aromatic carbocycles. The van der Waals surface area contributed by atoms with Crippen LogP contribution in [0.1, 0.15) is 28.8 Å². The van der Waals surface area contributed by atoms with Crippen molar-refractivity contribution in [2.24, 2.45) is 0 Å². The number of nitrogens with zero attached hydrogens (tertiary/aromatic N) is 1. The highest BCUT2D eigenvalue weighted by atomic mass is 16.7. The summed E-state index contributed by atoms with van der Waals surface area (Å²) in [4.78, 5) is 0. The Balaban J connectivity index is 1.71. The van der Waals surface area contributed by atoms with E-state index in [1.54, 1.807) is 6.07 Å². The van der Waals surface area contributed by atoms with E-state index in [0.717, 1.165) is 41.1 Å². The average molecular weight is 342 g/mol. The van der Waals surface area contributed by atoms with Gasteiger partial charge in [0.2, 0.25) is 6.79 Å². The summed E-state index contributed by atoms with van der Waals surface area (Å²) in [6.07, 6.45) is 0.170. The number of aliphatic hydroxyl groups excluding tert-OH is 1. The lowest BCUT2D eigenvalue weighted by Crippen LogP contribution is -2.50. The molecule has 2 N–H and O–H groups in total. The number of hydrogen-bond acceptors (Lipinski definition) is 5. The van der Waals surface area contributed by atoms with Crippen LogP contribution in [0.4, 0.5) is 5.69 Å². The number of hydrogen-bond donors (Lipinski definition) is 2. The van der Waals surface area contributed by atoms with E-state index in [0.29, 0.717) is 16.0 Å². The topological polar surface area (TPSA) is 68.2 Å². The van der Waals surface area contributed by atoms with Crippen molar-refractivity contribution in [1.82, 2.24) is 4.48 Å². The molecule has 0 aromatic heterocycles. The van der Waals surface area contributed by atoms with E-state index in [1.165, 1.54) is 7.11 Å². The minimum atomic E-state index is -0.650. The number of aromatic hydroxyl groups is 1. The van der Waals surface area contributed by atoms with Gasteiger partial charge in [-0.1, -0.05) is 0 Å². The highest BCUT2D eigenvalue weighted by Crippen LogP contribution is 2.58. The van der Waals surface area contributed by atoms with Crippen LogP contribution in [-0.2, 0) is 6.42 Å². The molecule has 0 fully saturated rings. The van der Waals surface area contributed by atoms with Gasteiger partial charge in [0.05, 0.1) is 26.3 Å². The number of fused-ring (bicyclic) bond motifs is 6. The molecule has 25 heavy (non-hydrogen) atoms. The van der Waals surface area contributed by atoms with Crippen LogP contribution >= 0.6 is 0 Å². The average Bonchev–Trinajstić information content (AvgIpc) is 3.14. The molecule has 0 amide bonds. The summed E-state index contributed by atoms with van der Waals surface area (Å²) < 4.78 is 16.9. The Morgan fingerprint density at radius 1 is 1.12 bits per heavy atom. The molecule has 3 aliphatic rings. The molecule has 0 spiro atoms. The Labute approximate surface area is 145 Å². The molecule has 2 aromatic rings. The third-order valence-electron chi connectivity index (χ3n) is 5.91. The molecule has 6 heteroatoms. The Morgan fingerprint density at radius 2 is 1.88 bits per heavy atom. The number of aliphatic hydroxyl groups is 1. The first kappa shape index (κ1) is 14.9. The molecule has 0 saturated carbocycles. The number of phenols is 1. The van der Waals surface area contributed by atoms with Crippen LogP contribution in [0.15, 0.2) is 24.3 Å². The van der Waals surface area contributed by atoms with Crippen molar-refractivity contribution in [2.45, 2.75) is 18.6 Å². The van der Waals surface area contributed by atoms with Crippen molar-refractivity contribution in [3.05, 3.63) is 41.0 Å². The Bertz CT molecular complexity index is 896. The maximum absolute atomic E-state index is 11.1. The minimum absolute atomic E-state index is 0.142. The van der Waals surface area contributed by atoms with Crippen LogP contribution in [0, 0.1) is 0 Å². The molecule has 0 bridgehead atoms. The van der Waals surface area contributed by atoms with Gasteiger partial charge in [0.1, 0.15) is 11.8 Å². The molecule has 3 unspecified atom stereocenters. The second kappa shape index (κ2) is 4.80. The monoisotopic (exact) mass is 342 g/mol. The molecule has 0 aliphatic carbocycles. The van der Waals surface area contributed by atoms with Crippen LogP contribution in [0.2, 0.25) is 0 Å². The van der Waals surface area contributed by atoms with Gasteiger partial charge >= 0.3 is 0 Å². The predicted octanol–water partition coefficient (Wildman–Crippen LogP) is 2.41. The van der Waals surface area contributed by atoms with Crippen LogP contribution in [0.3, 0.4) is 0 Å².